The molecule has 0 fully saturated rings. The predicted molar refractivity (Wildman–Crippen MR) is 90.8 cm³/mol. The summed E-state index contributed by atoms with van der Waals surface area (Å²) in [5.74, 6) is -1.27. The number of fused-ring (bicyclic) bond motifs is 2. The van der Waals surface area contributed by atoms with Crippen LogP contribution in [0.15, 0.2) is 36.4 Å². The summed E-state index contributed by atoms with van der Waals surface area (Å²) < 4.78 is 0. The Morgan fingerprint density at radius 1 is 0.600 bits per heavy atom. The highest BCUT2D eigenvalue weighted by atomic mass is 16.2. The minimum absolute atomic E-state index is 0.309. The number of carbonyl (C=O) groups is 4. The van der Waals surface area contributed by atoms with Crippen LogP contribution in [0.3, 0.4) is 0 Å². The van der Waals surface area contributed by atoms with Crippen LogP contribution in [0.1, 0.15) is 41.4 Å². The predicted octanol–water partition coefficient (Wildman–Crippen LogP) is -0.207. The van der Waals surface area contributed by atoms with Crippen molar-refractivity contribution in [2.24, 2.45) is 0 Å². The minimum atomic E-state index is -0.327. The van der Waals surface area contributed by atoms with Crippen LogP contribution in [0.25, 0.3) is 0 Å². The van der Waals surface area contributed by atoms with Crippen molar-refractivity contribution in [2.75, 3.05) is 14.1 Å². The molecule has 0 saturated carbocycles. The fraction of sp³-hybridized carbons (Fsp3) is 0.111. The molecule has 0 atom stereocenters. The Balaban J connectivity index is 1.67. The lowest BCUT2D eigenvalue weighted by Gasteiger charge is -2.04. The van der Waals surface area contributed by atoms with Crippen LogP contribution < -0.4 is 10.9 Å². The van der Waals surface area contributed by atoms with E-state index in [0.717, 1.165) is 20.7 Å². The molecular formula is C18H12BN2O4. The van der Waals surface area contributed by atoms with Crippen LogP contribution in [-0.4, -0.2) is 54.8 Å². The van der Waals surface area contributed by atoms with Crippen molar-refractivity contribution < 1.29 is 19.2 Å². The summed E-state index contributed by atoms with van der Waals surface area (Å²) in [4.78, 5) is 50.2. The summed E-state index contributed by atoms with van der Waals surface area (Å²) in [7, 11) is 4.70. The molecule has 1 radical (unpaired) electrons. The third-order valence-corrected chi connectivity index (χ3v) is 4.56. The molecule has 4 amide bonds. The van der Waals surface area contributed by atoms with E-state index < -0.39 is 0 Å². The van der Waals surface area contributed by atoms with Crippen molar-refractivity contribution in [3.63, 3.8) is 0 Å². The second-order valence-electron chi connectivity index (χ2n) is 6.09. The first-order valence-corrected chi connectivity index (χ1v) is 7.66. The Hall–Kier alpha value is -3.22. The largest absolute Gasteiger partial charge is 0.277 e. The molecule has 0 N–H and O–H groups in total. The average molecular weight is 331 g/mol. The molecule has 25 heavy (non-hydrogen) atoms. The number of hydrogen-bond donors (Lipinski definition) is 0. The first-order chi connectivity index (χ1) is 11.9. The number of benzene rings is 2. The van der Waals surface area contributed by atoms with E-state index in [1.54, 1.807) is 43.7 Å². The van der Waals surface area contributed by atoms with E-state index in [1.807, 2.05) is 0 Å². The van der Waals surface area contributed by atoms with Gasteiger partial charge in [-0.25, -0.2) is 0 Å². The third-order valence-electron chi connectivity index (χ3n) is 4.56. The summed E-state index contributed by atoms with van der Waals surface area (Å²) in [6, 6.07) is 10.1. The van der Waals surface area contributed by atoms with E-state index in [-0.39, 0.29) is 23.6 Å². The average Bonchev–Trinajstić information content (AvgIpc) is 2.96. The van der Waals surface area contributed by atoms with Gasteiger partial charge in [-0.3, -0.25) is 29.0 Å². The van der Waals surface area contributed by atoms with E-state index in [4.69, 9.17) is 0 Å². The molecule has 2 aromatic rings. The van der Waals surface area contributed by atoms with Crippen molar-refractivity contribution in [3.8, 4) is 0 Å². The second-order valence-corrected chi connectivity index (χ2v) is 6.09. The Labute approximate surface area is 144 Å². The number of carbonyl (C=O) groups excluding carboxylic acids is 4. The summed E-state index contributed by atoms with van der Waals surface area (Å²) in [5.41, 5.74) is 2.99. The van der Waals surface area contributed by atoms with Gasteiger partial charge in [-0.1, -0.05) is 35.2 Å². The molecule has 0 aromatic heterocycles. The van der Waals surface area contributed by atoms with Gasteiger partial charge in [0.2, 0.25) is 0 Å². The third kappa shape index (κ3) is 2.12. The normalized spacial score (nSPS) is 15.8. The van der Waals surface area contributed by atoms with Gasteiger partial charge in [-0.05, 0) is 12.1 Å². The number of imide groups is 2. The minimum Gasteiger partial charge on any atom is -0.277 e. The van der Waals surface area contributed by atoms with Gasteiger partial charge in [0.15, 0.2) is 7.28 Å². The zero-order valence-corrected chi connectivity index (χ0v) is 13.6. The van der Waals surface area contributed by atoms with Crippen LogP contribution in [0.5, 0.6) is 0 Å². The first kappa shape index (κ1) is 15.3. The van der Waals surface area contributed by atoms with Gasteiger partial charge in [-0.2, -0.15) is 0 Å². The van der Waals surface area contributed by atoms with Gasteiger partial charge in [0.05, 0.1) is 22.3 Å². The summed E-state index contributed by atoms with van der Waals surface area (Å²) >= 11 is 0. The molecule has 0 saturated heterocycles. The Bertz CT molecular complexity index is 919. The second kappa shape index (κ2) is 5.14. The van der Waals surface area contributed by atoms with Gasteiger partial charge in [-0.15, -0.1) is 0 Å². The number of nitrogens with zero attached hydrogens (tertiary/aromatic N) is 2. The van der Waals surface area contributed by atoms with Gasteiger partial charge >= 0.3 is 0 Å². The molecule has 0 aliphatic carbocycles. The maximum atomic E-state index is 12.1. The Morgan fingerprint density at radius 2 is 0.960 bits per heavy atom. The number of hydrogen-bond acceptors (Lipinski definition) is 4. The number of rotatable bonds is 2. The molecule has 4 rings (SSSR count). The van der Waals surface area contributed by atoms with Crippen molar-refractivity contribution in [3.05, 3.63) is 58.7 Å². The maximum Gasteiger partial charge on any atom is 0.261 e. The fourth-order valence-corrected chi connectivity index (χ4v) is 3.13. The zero-order chi connectivity index (χ0) is 17.9. The van der Waals surface area contributed by atoms with Crippen molar-refractivity contribution in [1.29, 1.82) is 0 Å². The van der Waals surface area contributed by atoms with Gasteiger partial charge in [0.25, 0.3) is 23.6 Å². The van der Waals surface area contributed by atoms with Crippen molar-refractivity contribution in [2.45, 2.75) is 0 Å². The SMILES string of the molecule is CN1C(=O)c2ccc([B]c3ccc4c(c3)C(=O)N(C)C4=O)cc2C1=O. The molecule has 0 bridgehead atoms. The van der Waals surface area contributed by atoms with E-state index >= 15 is 0 Å². The summed E-state index contributed by atoms with van der Waals surface area (Å²) in [6.45, 7) is 0. The Kier molecular flexibility index (Phi) is 3.15. The van der Waals surface area contributed by atoms with Crippen LogP contribution >= 0.6 is 0 Å². The Morgan fingerprint density at radius 3 is 1.36 bits per heavy atom. The zero-order valence-electron chi connectivity index (χ0n) is 13.6. The van der Waals surface area contributed by atoms with E-state index in [9.17, 15) is 19.2 Å². The van der Waals surface area contributed by atoms with Crippen LogP contribution in [-0.2, 0) is 0 Å². The molecule has 121 valence electrons. The van der Waals surface area contributed by atoms with Crippen LogP contribution in [0.2, 0.25) is 0 Å². The monoisotopic (exact) mass is 331 g/mol. The van der Waals surface area contributed by atoms with E-state index in [0.29, 0.717) is 22.3 Å². The standard InChI is InChI=1S/C18H12BN2O4/c1-20-15(22)11-5-3-9(7-13(11)17(20)24)19-10-4-6-12-14(8-10)18(25)21(2)16(12)23/h3-8H,1-2H3. The number of amides is 4. The van der Waals surface area contributed by atoms with Crippen LogP contribution in [0.4, 0.5) is 0 Å². The van der Waals surface area contributed by atoms with Crippen molar-refractivity contribution >= 4 is 41.8 Å². The van der Waals surface area contributed by atoms with Gasteiger partial charge in [0.1, 0.15) is 0 Å². The molecule has 6 nitrogen and oxygen atoms in total. The molecule has 2 aromatic carbocycles. The lowest BCUT2D eigenvalue weighted by molar-refractivity contribution is 0.0678. The van der Waals surface area contributed by atoms with Crippen molar-refractivity contribution in [1.82, 2.24) is 9.80 Å². The molecule has 2 aliphatic heterocycles. The highest BCUT2D eigenvalue weighted by Crippen LogP contribution is 2.21. The highest BCUT2D eigenvalue weighted by Gasteiger charge is 2.34. The molecular weight excluding hydrogens is 319 g/mol. The maximum absolute atomic E-state index is 12.1. The van der Waals surface area contributed by atoms with E-state index in [1.165, 1.54) is 14.1 Å². The fourth-order valence-electron chi connectivity index (χ4n) is 3.13. The molecule has 0 unspecified atom stereocenters. The summed E-state index contributed by atoms with van der Waals surface area (Å²) in [6.07, 6.45) is 0. The molecule has 7 heteroatoms. The lowest BCUT2D eigenvalue weighted by Crippen LogP contribution is -2.28. The topological polar surface area (TPSA) is 74.8 Å². The molecule has 0 spiro atoms. The molecule has 2 heterocycles. The van der Waals surface area contributed by atoms with Crippen LogP contribution in [0, 0.1) is 0 Å². The quantitative estimate of drug-likeness (QED) is 0.564. The van der Waals surface area contributed by atoms with E-state index in [2.05, 4.69) is 0 Å². The van der Waals surface area contributed by atoms with Gasteiger partial charge in [0, 0.05) is 14.1 Å². The smallest absolute Gasteiger partial charge is 0.261 e. The highest BCUT2D eigenvalue weighted by molar-refractivity contribution is 6.67. The summed E-state index contributed by atoms with van der Waals surface area (Å²) in [5, 5.41) is 0. The van der Waals surface area contributed by atoms with Gasteiger partial charge < -0.3 is 0 Å². The first-order valence-electron chi connectivity index (χ1n) is 7.66. The molecule has 2 aliphatic rings. The lowest BCUT2D eigenvalue weighted by atomic mass is 9.63.